The number of hydrazone groups is 1. The lowest BCUT2D eigenvalue weighted by atomic mass is 10.2. The molecule has 0 aliphatic rings. The number of aldehydes is 1. The number of para-hydroxylation sites is 1. The lowest BCUT2D eigenvalue weighted by molar-refractivity contribution is 0.112. The van der Waals surface area contributed by atoms with Gasteiger partial charge in [0.15, 0.2) is 0 Å². The van der Waals surface area contributed by atoms with E-state index >= 15 is 0 Å². The molecule has 0 aliphatic heterocycles. The van der Waals surface area contributed by atoms with Crippen LogP contribution in [0, 0.1) is 5.41 Å². The monoisotopic (exact) mass is 309 g/mol. The molecule has 2 aromatic rings. The van der Waals surface area contributed by atoms with Crippen molar-refractivity contribution in [2.75, 3.05) is 12.0 Å². The Hall–Kier alpha value is -2.95. The molecular formula is C18H19N3O2. The number of anilines is 1. The van der Waals surface area contributed by atoms with E-state index in [1.807, 2.05) is 30.3 Å². The Kier molecular flexibility index (Phi) is 6.06. The summed E-state index contributed by atoms with van der Waals surface area (Å²) in [5.74, 6) is 0.681. The van der Waals surface area contributed by atoms with Crippen molar-refractivity contribution in [1.29, 1.82) is 5.41 Å². The largest absolute Gasteiger partial charge is 0.493 e. The Morgan fingerprint density at radius 3 is 2.52 bits per heavy atom. The van der Waals surface area contributed by atoms with Gasteiger partial charge in [-0.2, -0.15) is 5.10 Å². The zero-order valence-corrected chi connectivity index (χ0v) is 13.0. The first kappa shape index (κ1) is 16.4. The van der Waals surface area contributed by atoms with Crippen molar-refractivity contribution in [1.82, 2.24) is 0 Å². The maximum absolute atomic E-state index is 10.6. The third-order valence-corrected chi connectivity index (χ3v) is 3.20. The second-order valence-corrected chi connectivity index (χ2v) is 4.94. The average molecular weight is 309 g/mol. The molecular weight excluding hydrogens is 290 g/mol. The van der Waals surface area contributed by atoms with Crippen molar-refractivity contribution in [2.24, 2.45) is 5.10 Å². The number of carbonyl (C=O) groups is 1. The third kappa shape index (κ3) is 5.39. The fraction of sp³-hybridized carbons (Fsp3) is 0.167. The molecule has 0 amide bonds. The van der Waals surface area contributed by atoms with E-state index in [0.29, 0.717) is 35.8 Å². The molecule has 2 rings (SSSR count). The van der Waals surface area contributed by atoms with Gasteiger partial charge in [-0.25, -0.2) is 0 Å². The van der Waals surface area contributed by atoms with E-state index in [-0.39, 0.29) is 0 Å². The molecule has 5 nitrogen and oxygen atoms in total. The smallest absolute Gasteiger partial charge is 0.150 e. The van der Waals surface area contributed by atoms with E-state index in [4.69, 9.17) is 10.1 Å². The van der Waals surface area contributed by atoms with Gasteiger partial charge in [0.2, 0.25) is 0 Å². The molecule has 2 N–H and O–H groups in total. The Bertz CT molecular complexity index is 679. The summed E-state index contributed by atoms with van der Waals surface area (Å²) < 4.78 is 5.56. The van der Waals surface area contributed by atoms with Gasteiger partial charge >= 0.3 is 0 Å². The van der Waals surface area contributed by atoms with Crippen LogP contribution in [-0.4, -0.2) is 24.3 Å². The Balaban J connectivity index is 1.78. The van der Waals surface area contributed by atoms with Gasteiger partial charge < -0.3 is 10.1 Å². The summed E-state index contributed by atoms with van der Waals surface area (Å²) in [6.07, 6.45) is 1.25. The summed E-state index contributed by atoms with van der Waals surface area (Å²) >= 11 is 0. The van der Waals surface area contributed by atoms with E-state index in [2.05, 4.69) is 10.5 Å². The second kappa shape index (κ2) is 8.48. The fourth-order valence-electron chi connectivity index (χ4n) is 1.82. The second-order valence-electron chi connectivity index (χ2n) is 4.94. The quantitative estimate of drug-likeness (QED) is 0.443. The summed E-state index contributed by atoms with van der Waals surface area (Å²) in [5.41, 5.74) is 5.45. The number of nitrogens with zero attached hydrogens (tertiary/aromatic N) is 1. The van der Waals surface area contributed by atoms with Crippen molar-refractivity contribution in [3.63, 3.8) is 0 Å². The van der Waals surface area contributed by atoms with Gasteiger partial charge in [-0.3, -0.25) is 10.2 Å². The van der Waals surface area contributed by atoms with Crippen molar-refractivity contribution < 1.29 is 9.53 Å². The molecule has 0 unspecified atom stereocenters. The first-order valence-corrected chi connectivity index (χ1v) is 7.30. The van der Waals surface area contributed by atoms with Crippen molar-refractivity contribution >= 4 is 23.4 Å². The molecule has 0 aliphatic carbocycles. The normalized spacial score (nSPS) is 10.9. The molecule has 0 spiro atoms. The Morgan fingerprint density at radius 1 is 1.17 bits per heavy atom. The maximum atomic E-state index is 10.6. The molecule has 0 saturated heterocycles. The Morgan fingerprint density at radius 2 is 1.87 bits per heavy atom. The maximum Gasteiger partial charge on any atom is 0.150 e. The van der Waals surface area contributed by atoms with Crippen molar-refractivity contribution in [3.8, 4) is 5.75 Å². The van der Waals surface area contributed by atoms with Gasteiger partial charge in [0.05, 0.1) is 23.7 Å². The van der Waals surface area contributed by atoms with Gasteiger partial charge in [0.1, 0.15) is 12.0 Å². The molecule has 0 fully saturated rings. The van der Waals surface area contributed by atoms with Crippen LogP contribution in [0.15, 0.2) is 59.7 Å². The zero-order valence-electron chi connectivity index (χ0n) is 13.0. The molecule has 23 heavy (non-hydrogen) atoms. The minimum Gasteiger partial charge on any atom is -0.493 e. The van der Waals surface area contributed by atoms with Gasteiger partial charge in [0, 0.05) is 12.0 Å². The number of hydrogen-bond donors (Lipinski definition) is 2. The van der Waals surface area contributed by atoms with E-state index < -0.39 is 0 Å². The van der Waals surface area contributed by atoms with Crippen LogP contribution < -0.4 is 10.2 Å². The lowest BCUT2D eigenvalue weighted by Crippen LogP contribution is -2.14. The first-order chi connectivity index (χ1) is 11.2. The van der Waals surface area contributed by atoms with Crippen molar-refractivity contribution in [3.05, 3.63) is 60.2 Å². The average Bonchev–Trinajstić information content (AvgIpc) is 2.61. The number of hydrogen-bond acceptors (Lipinski definition) is 5. The van der Waals surface area contributed by atoms with Gasteiger partial charge in [-0.05, 0) is 43.3 Å². The summed E-state index contributed by atoms with van der Waals surface area (Å²) in [6.45, 7) is 2.18. The molecule has 5 heteroatoms. The van der Waals surface area contributed by atoms with Crippen LogP contribution in [0.25, 0.3) is 0 Å². The predicted octanol–water partition coefficient (Wildman–Crippen LogP) is 3.78. The van der Waals surface area contributed by atoms with Gasteiger partial charge in [0.25, 0.3) is 0 Å². The predicted molar refractivity (Wildman–Crippen MR) is 92.8 cm³/mol. The molecule has 0 bridgehead atoms. The summed E-state index contributed by atoms with van der Waals surface area (Å²) in [7, 11) is 0. The van der Waals surface area contributed by atoms with Crippen LogP contribution in [0.1, 0.15) is 23.7 Å². The molecule has 2 aromatic carbocycles. The van der Waals surface area contributed by atoms with E-state index in [1.54, 1.807) is 31.2 Å². The minimum absolute atomic E-state index is 0.386. The fourth-order valence-corrected chi connectivity index (χ4v) is 1.82. The number of rotatable bonds is 8. The van der Waals surface area contributed by atoms with Crippen LogP contribution in [0.2, 0.25) is 0 Å². The molecule has 0 atom stereocenters. The van der Waals surface area contributed by atoms with Gasteiger partial charge in [-0.15, -0.1) is 0 Å². The number of nitrogens with one attached hydrogen (secondary N) is 2. The molecule has 0 saturated carbocycles. The van der Waals surface area contributed by atoms with Crippen LogP contribution >= 0.6 is 0 Å². The molecule has 0 aromatic heterocycles. The SMILES string of the molecule is C/C(=N/Nc1ccccc1)C(=N)CCOc1ccc(C=O)cc1. The van der Waals surface area contributed by atoms with Crippen molar-refractivity contribution in [2.45, 2.75) is 13.3 Å². The summed E-state index contributed by atoms with van der Waals surface area (Å²) in [5, 5.41) is 12.2. The topological polar surface area (TPSA) is 74.5 Å². The lowest BCUT2D eigenvalue weighted by Gasteiger charge is -2.08. The zero-order chi connectivity index (χ0) is 16.5. The van der Waals surface area contributed by atoms with E-state index in [9.17, 15) is 4.79 Å². The summed E-state index contributed by atoms with van der Waals surface area (Å²) in [4.78, 5) is 10.6. The van der Waals surface area contributed by atoms with Crippen LogP contribution in [0.3, 0.4) is 0 Å². The highest BCUT2D eigenvalue weighted by Gasteiger charge is 2.03. The molecule has 118 valence electrons. The highest BCUT2D eigenvalue weighted by Crippen LogP contribution is 2.11. The highest BCUT2D eigenvalue weighted by molar-refractivity contribution is 6.40. The van der Waals surface area contributed by atoms with E-state index in [1.165, 1.54) is 0 Å². The van der Waals surface area contributed by atoms with Crippen LogP contribution in [0.4, 0.5) is 5.69 Å². The molecule has 0 heterocycles. The highest BCUT2D eigenvalue weighted by atomic mass is 16.5. The standard InChI is InChI=1S/C18H19N3O2/c1-14(20-21-16-5-3-2-4-6-16)18(19)11-12-23-17-9-7-15(13-22)8-10-17/h2-10,13,19,21H,11-12H2,1H3/b19-18?,20-14-. The van der Waals surface area contributed by atoms with Crippen LogP contribution in [-0.2, 0) is 0 Å². The third-order valence-electron chi connectivity index (χ3n) is 3.20. The first-order valence-electron chi connectivity index (χ1n) is 7.30. The van der Waals surface area contributed by atoms with Crippen LogP contribution in [0.5, 0.6) is 5.75 Å². The minimum atomic E-state index is 0.386. The summed E-state index contributed by atoms with van der Waals surface area (Å²) in [6, 6.07) is 16.5. The molecule has 0 radical (unpaired) electrons. The Labute approximate surface area is 135 Å². The van der Waals surface area contributed by atoms with Gasteiger partial charge in [-0.1, -0.05) is 18.2 Å². The number of ether oxygens (including phenoxy) is 1. The number of carbonyl (C=O) groups excluding carboxylic acids is 1. The van der Waals surface area contributed by atoms with E-state index in [0.717, 1.165) is 12.0 Å². The number of benzene rings is 2.